The van der Waals surface area contributed by atoms with Gasteiger partial charge in [0.2, 0.25) is 5.88 Å². The summed E-state index contributed by atoms with van der Waals surface area (Å²) in [6.45, 7) is 1.84. The summed E-state index contributed by atoms with van der Waals surface area (Å²) in [6.07, 6.45) is 1.40. The molecule has 0 saturated carbocycles. The maximum atomic E-state index is 12.3. The highest BCUT2D eigenvalue weighted by molar-refractivity contribution is 9.10. The van der Waals surface area contributed by atoms with Crippen LogP contribution in [0.25, 0.3) is 6.08 Å². The molecule has 0 aliphatic heterocycles. The van der Waals surface area contributed by atoms with E-state index >= 15 is 0 Å². The van der Waals surface area contributed by atoms with E-state index in [1.54, 1.807) is 29.2 Å². The summed E-state index contributed by atoms with van der Waals surface area (Å²) >= 11 is 9.31. The topological polar surface area (TPSA) is 69.3 Å². The number of nitriles is 1. The summed E-state index contributed by atoms with van der Waals surface area (Å²) in [5.74, 6) is 0.478. The van der Waals surface area contributed by atoms with Gasteiger partial charge in [-0.25, -0.2) is 0 Å². The van der Waals surface area contributed by atoms with Crippen LogP contribution in [-0.4, -0.2) is 20.0 Å². The van der Waals surface area contributed by atoms with Crippen molar-refractivity contribution in [2.45, 2.75) is 6.92 Å². The molecule has 0 unspecified atom stereocenters. The van der Waals surface area contributed by atoms with Crippen LogP contribution in [0, 0.1) is 18.3 Å². The Kier molecular flexibility index (Phi) is 5.71. The first kappa shape index (κ1) is 18.1. The van der Waals surface area contributed by atoms with Crippen LogP contribution >= 0.6 is 27.5 Å². The number of nitrogens with one attached hydrogen (secondary N) is 1. The van der Waals surface area contributed by atoms with Crippen molar-refractivity contribution in [3.8, 4) is 6.07 Å². The summed E-state index contributed by atoms with van der Waals surface area (Å²) < 4.78 is 6.34. The molecule has 0 saturated heterocycles. The second-order valence-electron chi connectivity index (χ2n) is 5.28. The molecule has 0 aliphatic rings. The van der Waals surface area contributed by atoms with Gasteiger partial charge in [0.1, 0.15) is 17.4 Å². The minimum absolute atomic E-state index is 0.0686. The molecule has 1 aromatic carbocycles. The minimum Gasteiger partial charge on any atom is -0.440 e. The Bertz CT molecular complexity index is 850. The van der Waals surface area contributed by atoms with Gasteiger partial charge in [-0.2, -0.15) is 5.26 Å². The monoisotopic (exact) mass is 407 g/mol. The second kappa shape index (κ2) is 7.56. The van der Waals surface area contributed by atoms with E-state index in [9.17, 15) is 10.1 Å². The molecule has 5 nitrogen and oxygen atoms in total. The minimum atomic E-state index is -0.526. The lowest BCUT2D eigenvalue weighted by Gasteiger charge is -2.08. The van der Waals surface area contributed by atoms with Crippen molar-refractivity contribution < 1.29 is 9.21 Å². The number of furan rings is 1. The van der Waals surface area contributed by atoms with Crippen LogP contribution in [0.3, 0.4) is 0 Å². The van der Waals surface area contributed by atoms with Crippen LogP contribution in [0.2, 0.25) is 5.02 Å². The summed E-state index contributed by atoms with van der Waals surface area (Å²) in [4.78, 5) is 14.1. The molecular weight excluding hydrogens is 394 g/mol. The zero-order valence-corrected chi connectivity index (χ0v) is 15.7. The molecule has 1 aromatic heterocycles. The Balaban J connectivity index is 2.27. The fraction of sp³-hybridized carbons (Fsp3) is 0.176. The molecule has 0 radical (unpaired) electrons. The third-order valence-electron chi connectivity index (χ3n) is 3.19. The van der Waals surface area contributed by atoms with E-state index in [4.69, 9.17) is 16.0 Å². The van der Waals surface area contributed by atoms with Gasteiger partial charge in [0, 0.05) is 36.9 Å². The van der Waals surface area contributed by atoms with Gasteiger partial charge in [-0.3, -0.25) is 4.79 Å². The molecule has 0 spiro atoms. The van der Waals surface area contributed by atoms with Crippen LogP contribution in [0.4, 0.5) is 11.6 Å². The quantitative estimate of drug-likeness (QED) is 0.592. The van der Waals surface area contributed by atoms with Crippen molar-refractivity contribution in [3.05, 3.63) is 50.7 Å². The molecular formula is C17H15BrClN3O2. The first-order chi connectivity index (χ1) is 11.3. The average Bonchev–Trinajstić information content (AvgIpc) is 2.89. The van der Waals surface area contributed by atoms with Crippen LogP contribution in [0.15, 0.2) is 38.7 Å². The van der Waals surface area contributed by atoms with Gasteiger partial charge in [0.15, 0.2) is 0 Å². The van der Waals surface area contributed by atoms with Crippen molar-refractivity contribution in [1.82, 2.24) is 0 Å². The molecule has 7 heteroatoms. The van der Waals surface area contributed by atoms with Gasteiger partial charge >= 0.3 is 0 Å². The van der Waals surface area contributed by atoms with Crippen molar-refractivity contribution in [3.63, 3.8) is 0 Å². The van der Waals surface area contributed by atoms with E-state index in [0.29, 0.717) is 22.4 Å². The van der Waals surface area contributed by atoms with Crippen molar-refractivity contribution in [1.29, 1.82) is 5.26 Å². The second-order valence-corrected chi connectivity index (χ2v) is 6.57. The molecule has 1 heterocycles. The standard InChI is InChI=1S/C17H15BrClN3O2/c1-10-4-5-12(19)7-15(10)21-16(23)11(9-20)6-13-8-14(18)17(24-13)22(2)3/h4-8H,1-3H3,(H,21,23)/b11-6-. The smallest absolute Gasteiger partial charge is 0.266 e. The predicted molar refractivity (Wildman–Crippen MR) is 99.1 cm³/mol. The summed E-state index contributed by atoms with van der Waals surface area (Å²) in [5, 5.41) is 12.5. The molecule has 1 N–H and O–H groups in total. The molecule has 24 heavy (non-hydrogen) atoms. The maximum Gasteiger partial charge on any atom is 0.266 e. The first-order valence-corrected chi connectivity index (χ1v) is 8.15. The lowest BCUT2D eigenvalue weighted by Crippen LogP contribution is -2.14. The number of hydrogen-bond donors (Lipinski definition) is 1. The zero-order valence-electron chi connectivity index (χ0n) is 13.4. The average molecular weight is 409 g/mol. The lowest BCUT2D eigenvalue weighted by atomic mass is 10.1. The van der Waals surface area contributed by atoms with Crippen LogP contribution in [0.5, 0.6) is 0 Å². The Morgan fingerprint density at radius 3 is 2.71 bits per heavy atom. The van der Waals surface area contributed by atoms with Crippen molar-refractivity contribution in [2.24, 2.45) is 0 Å². The fourth-order valence-corrected chi connectivity index (χ4v) is 2.80. The van der Waals surface area contributed by atoms with Gasteiger partial charge < -0.3 is 14.6 Å². The third-order valence-corrected chi connectivity index (χ3v) is 4.00. The molecule has 0 bridgehead atoms. The van der Waals surface area contributed by atoms with E-state index in [0.717, 1.165) is 10.0 Å². The molecule has 124 valence electrons. The molecule has 1 amide bonds. The van der Waals surface area contributed by atoms with E-state index in [1.807, 2.05) is 27.1 Å². The Morgan fingerprint density at radius 1 is 1.42 bits per heavy atom. The summed E-state index contributed by atoms with van der Waals surface area (Å²) in [5.41, 5.74) is 1.34. The number of carbonyl (C=O) groups excluding carboxylic acids is 1. The number of nitrogens with zero attached hydrogens (tertiary/aromatic N) is 2. The van der Waals surface area contributed by atoms with E-state index in [2.05, 4.69) is 21.2 Å². The number of amides is 1. The molecule has 0 aliphatic carbocycles. The van der Waals surface area contributed by atoms with Gasteiger partial charge in [-0.15, -0.1) is 0 Å². The van der Waals surface area contributed by atoms with Gasteiger partial charge in [0.25, 0.3) is 5.91 Å². The molecule has 2 aromatic rings. The van der Waals surface area contributed by atoms with Crippen LogP contribution in [-0.2, 0) is 4.79 Å². The van der Waals surface area contributed by atoms with Gasteiger partial charge in [-0.1, -0.05) is 17.7 Å². The lowest BCUT2D eigenvalue weighted by molar-refractivity contribution is -0.112. The van der Waals surface area contributed by atoms with E-state index in [1.165, 1.54) is 6.08 Å². The van der Waals surface area contributed by atoms with E-state index < -0.39 is 5.91 Å². The van der Waals surface area contributed by atoms with Crippen LogP contribution in [0.1, 0.15) is 11.3 Å². The number of halogens is 2. The fourth-order valence-electron chi connectivity index (χ4n) is 1.96. The SMILES string of the molecule is Cc1ccc(Cl)cc1NC(=O)/C(C#N)=C\c1cc(Br)c(N(C)C)o1. The van der Waals surface area contributed by atoms with Crippen molar-refractivity contribution >= 4 is 51.1 Å². The number of rotatable bonds is 4. The van der Waals surface area contributed by atoms with E-state index in [-0.39, 0.29) is 5.57 Å². The Morgan fingerprint density at radius 2 is 2.12 bits per heavy atom. The molecule has 2 rings (SSSR count). The molecule has 0 fully saturated rings. The highest BCUT2D eigenvalue weighted by Gasteiger charge is 2.14. The predicted octanol–water partition coefficient (Wildman–Crippen LogP) is 4.62. The highest BCUT2D eigenvalue weighted by Crippen LogP contribution is 2.30. The molecule has 0 atom stereocenters. The van der Waals surface area contributed by atoms with Gasteiger partial charge in [-0.05, 0) is 40.5 Å². The highest BCUT2D eigenvalue weighted by atomic mass is 79.9. The Hall–Kier alpha value is -2.23. The van der Waals surface area contributed by atoms with Gasteiger partial charge in [0.05, 0.1) is 4.47 Å². The largest absolute Gasteiger partial charge is 0.440 e. The maximum absolute atomic E-state index is 12.3. The first-order valence-electron chi connectivity index (χ1n) is 6.97. The Labute approximate surface area is 153 Å². The van der Waals surface area contributed by atoms with Crippen molar-refractivity contribution in [2.75, 3.05) is 24.3 Å². The number of carbonyl (C=O) groups is 1. The van der Waals surface area contributed by atoms with Crippen LogP contribution < -0.4 is 10.2 Å². The number of aryl methyl sites for hydroxylation is 1. The summed E-state index contributed by atoms with van der Waals surface area (Å²) in [7, 11) is 3.66. The number of benzene rings is 1. The zero-order chi connectivity index (χ0) is 17.9. The number of anilines is 2. The normalized spacial score (nSPS) is 11.1. The number of hydrogen-bond acceptors (Lipinski definition) is 4. The third kappa shape index (κ3) is 4.19. The summed E-state index contributed by atoms with van der Waals surface area (Å²) in [6, 6.07) is 8.75.